The third-order valence-corrected chi connectivity index (χ3v) is 6.53. The van der Waals surface area contributed by atoms with Gasteiger partial charge in [0.25, 0.3) is 0 Å². The van der Waals surface area contributed by atoms with Gasteiger partial charge in [-0.05, 0) is 35.6 Å². The number of rotatable bonds is 7. The molecule has 2 aromatic rings. The van der Waals surface area contributed by atoms with Crippen molar-refractivity contribution >= 4 is 27.1 Å². The van der Waals surface area contributed by atoms with Crippen molar-refractivity contribution in [1.29, 1.82) is 0 Å². The van der Waals surface area contributed by atoms with Gasteiger partial charge < -0.3 is 10.6 Å². The van der Waals surface area contributed by atoms with Gasteiger partial charge >= 0.3 is 0 Å². The van der Waals surface area contributed by atoms with Crippen LogP contribution in [0.4, 0.5) is 0 Å². The normalized spacial score (nSPS) is 12.8. The molecule has 7 heteroatoms. The van der Waals surface area contributed by atoms with Gasteiger partial charge in [0.15, 0.2) is 15.8 Å². The molecular formula is C19H27N3O2S2. The Labute approximate surface area is 160 Å². The van der Waals surface area contributed by atoms with Crippen molar-refractivity contribution in [2.45, 2.75) is 30.6 Å². The van der Waals surface area contributed by atoms with E-state index >= 15 is 0 Å². The molecule has 0 bridgehead atoms. The first-order chi connectivity index (χ1) is 12.2. The van der Waals surface area contributed by atoms with Crippen LogP contribution in [-0.4, -0.2) is 40.8 Å². The summed E-state index contributed by atoms with van der Waals surface area (Å²) >= 11 is 1.76. The Morgan fingerprint density at radius 2 is 1.85 bits per heavy atom. The van der Waals surface area contributed by atoms with Gasteiger partial charge in [-0.3, -0.25) is 4.99 Å². The van der Waals surface area contributed by atoms with Crippen LogP contribution in [0, 0.1) is 0 Å². The zero-order valence-electron chi connectivity index (χ0n) is 15.7. The van der Waals surface area contributed by atoms with E-state index < -0.39 is 9.84 Å². The fourth-order valence-corrected chi connectivity index (χ4v) is 3.99. The average molecular weight is 394 g/mol. The topological polar surface area (TPSA) is 70.6 Å². The van der Waals surface area contributed by atoms with Crippen LogP contribution in [0.1, 0.15) is 24.3 Å². The number of sulfone groups is 1. The summed E-state index contributed by atoms with van der Waals surface area (Å²) in [7, 11) is -1.38. The molecule has 0 unspecified atom stereocenters. The molecule has 2 rings (SSSR count). The van der Waals surface area contributed by atoms with Crippen molar-refractivity contribution in [3.05, 3.63) is 52.2 Å². The molecule has 1 aromatic carbocycles. The standard InChI is InChI=1S/C19H27N3O2S2/c1-19(2,17-6-5-13-25-17)14-22-18(20-3)21-12-11-15-7-9-16(10-8-15)26(4,23)24/h5-10,13H,11-12,14H2,1-4H3,(H2,20,21,22). The second-order valence-corrected chi connectivity index (χ2v) is 9.84. The number of nitrogens with zero attached hydrogens (tertiary/aromatic N) is 1. The smallest absolute Gasteiger partial charge is 0.191 e. The molecule has 2 N–H and O–H groups in total. The van der Waals surface area contributed by atoms with Crippen LogP contribution in [0.25, 0.3) is 0 Å². The quantitative estimate of drug-likeness (QED) is 0.561. The lowest BCUT2D eigenvalue weighted by atomic mass is 9.91. The lowest BCUT2D eigenvalue weighted by molar-refractivity contribution is 0.518. The Balaban J connectivity index is 1.82. The molecule has 0 saturated carbocycles. The van der Waals surface area contributed by atoms with Gasteiger partial charge in [-0.25, -0.2) is 8.42 Å². The maximum atomic E-state index is 11.5. The summed E-state index contributed by atoms with van der Waals surface area (Å²) in [5.41, 5.74) is 1.12. The minimum absolute atomic E-state index is 0.0350. The van der Waals surface area contributed by atoms with Gasteiger partial charge in [0.1, 0.15) is 0 Å². The molecule has 0 spiro atoms. The second-order valence-electron chi connectivity index (χ2n) is 6.88. The first kappa shape index (κ1) is 20.5. The number of aliphatic imine (C=N–C) groups is 1. The Morgan fingerprint density at radius 1 is 1.15 bits per heavy atom. The van der Waals surface area contributed by atoms with E-state index in [0.29, 0.717) is 4.90 Å². The molecular weight excluding hydrogens is 366 g/mol. The highest BCUT2D eigenvalue weighted by molar-refractivity contribution is 7.90. The number of nitrogens with one attached hydrogen (secondary N) is 2. The first-order valence-electron chi connectivity index (χ1n) is 8.50. The highest BCUT2D eigenvalue weighted by atomic mass is 32.2. The summed E-state index contributed by atoms with van der Waals surface area (Å²) in [5.74, 6) is 0.766. The van der Waals surface area contributed by atoms with Crippen LogP contribution in [0.3, 0.4) is 0 Å². The Kier molecular flexibility index (Phi) is 6.83. The van der Waals surface area contributed by atoms with Gasteiger partial charge in [-0.2, -0.15) is 0 Å². The fraction of sp³-hybridized carbons (Fsp3) is 0.421. The van der Waals surface area contributed by atoms with Gasteiger partial charge in [-0.1, -0.05) is 32.0 Å². The Bertz CT molecular complexity index is 824. The van der Waals surface area contributed by atoms with Gasteiger partial charge in [0.2, 0.25) is 0 Å². The van der Waals surface area contributed by atoms with E-state index in [-0.39, 0.29) is 5.41 Å². The highest BCUT2D eigenvalue weighted by Crippen LogP contribution is 2.26. The lowest BCUT2D eigenvalue weighted by Gasteiger charge is -2.25. The number of hydrogen-bond donors (Lipinski definition) is 2. The molecule has 142 valence electrons. The van der Waals surface area contributed by atoms with E-state index in [2.05, 4.69) is 47.0 Å². The molecule has 5 nitrogen and oxygen atoms in total. The highest BCUT2D eigenvalue weighted by Gasteiger charge is 2.21. The van der Waals surface area contributed by atoms with Crippen molar-refractivity contribution in [2.75, 3.05) is 26.4 Å². The molecule has 0 amide bonds. The molecule has 0 fully saturated rings. The largest absolute Gasteiger partial charge is 0.356 e. The summed E-state index contributed by atoms with van der Waals surface area (Å²) in [5, 5.41) is 8.78. The molecule has 0 aliphatic carbocycles. The third-order valence-electron chi connectivity index (χ3n) is 4.17. The number of hydrogen-bond acceptors (Lipinski definition) is 4. The monoisotopic (exact) mass is 393 g/mol. The van der Waals surface area contributed by atoms with Crippen molar-refractivity contribution < 1.29 is 8.42 Å². The van der Waals surface area contributed by atoms with Crippen molar-refractivity contribution in [1.82, 2.24) is 10.6 Å². The van der Waals surface area contributed by atoms with Crippen LogP contribution in [0.5, 0.6) is 0 Å². The maximum Gasteiger partial charge on any atom is 0.191 e. The van der Waals surface area contributed by atoms with Crippen molar-refractivity contribution in [2.24, 2.45) is 4.99 Å². The SMILES string of the molecule is CN=C(NCCc1ccc(S(C)(=O)=O)cc1)NCC(C)(C)c1cccs1. The number of thiophene rings is 1. The number of guanidine groups is 1. The summed E-state index contributed by atoms with van der Waals surface area (Å²) in [6.45, 7) is 5.93. The molecule has 26 heavy (non-hydrogen) atoms. The van der Waals surface area contributed by atoms with E-state index in [0.717, 1.165) is 31.0 Å². The van der Waals surface area contributed by atoms with E-state index in [1.165, 1.54) is 11.1 Å². The average Bonchev–Trinajstić information content (AvgIpc) is 3.13. The third kappa shape index (κ3) is 5.85. The molecule has 1 aromatic heterocycles. The molecule has 1 heterocycles. The van der Waals surface area contributed by atoms with Crippen LogP contribution in [0.2, 0.25) is 0 Å². The van der Waals surface area contributed by atoms with E-state index in [4.69, 9.17) is 0 Å². The molecule has 0 atom stereocenters. The maximum absolute atomic E-state index is 11.5. The zero-order valence-corrected chi connectivity index (χ0v) is 17.4. The summed E-state index contributed by atoms with van der Waals surface area (Å²) in [6, 6.07) is 11.2. The summed E-state index contributed by atoms with van der Waals surface area (Å²) in [4.78, 5) is 5.96. The van der Waals surface area contributed by atoms with Crippen LogP contribution < -0.4 is 10.6 Å². The van der Waals surface area contributed by atoms with Gasteiger partial charge in [-0.15, -0.1) is 11.3 Å². The Morgan fingerprint density at radius 3 is 2.38 bits per heavy atom. The summed E-state index contributed by atoms with van der Waals surface area (Å²) < 4.78 is 23.0. The predicted molar refractivity (Wildman–Crippen MR) is 110 cm³/mol. The minimum atomic E-state index is -3.14. The summed E-state index contributed by atoms with van der Waals surface area (Å²) in [6.07, 6.45) is 2.01. The van der Waals surface area contributed by atoms with Crippen LogP contribution in [-0.2, 0) is 21.7 Å². The lowest BCUT2D eigenvalue weighted by Crippen LogP contribution is -2.43. The minimum Gasteiger partial charge on any atom is -0.356 e. The van der Waals surface area contributed by atoms with E-state index in [1.54, 1.807) is 30.5 Å². The van der Waals surface area contributed by atoms with E-state index in [1.807, 2.05) is 12.1 Å². The van der Waals surface area contributed by atoms with Crippen molar-refractivity contribution in [3.63, 3.8) is 0 Å². The first-order valence-corrected chi connectivity index (χ1v) is 11.3. The zero-order chi connectivity index (χ0) is 19.2. The molecule has 0 aliphatic heterocycles. The second kappa shape index (κ2) is 8.68. The van der Waals surface area contributed by atoms with Crippen LogP contribution >= 0.6 is 11.3 Å². The molecule has 0 saturated heterocycles. The van der Waals surface area contributed by atoms with Crippen LogP contribution in [0.15, 0.2) is 51.7 Å². The molecule has 0 radical (unpaired) electrons. The van der Waals surface area contributed by atoms with Gasteiger partial charge in [0.05, 0.1) is 4.90 Å². The predicted octanol–water partition coefficient (Wildman–Crippen LogP) is 2.84. The fourth-order valence-electron chi connectivity index (χ4n) is 2.50. The Hall–Kier alpha value is -1.86. The van der Waals surface area contributed by atoms with Gasteiger partial charge in [0, 0.05) is 36.7 Å². The van der Waals surface area contributed by atoms with E-state index in [9.17, 15) is 8.42 Å². The van der Waals surface area contributed by atoms with Crippen molar-refractivity contribution in [3.8, 4) is 0 Å². The number of benzene rings is 1. The molecule has 0 aliphatic rings.